The largest absolute Gasteiger partial charge is 0.496 e. The van der Waals surface area contributed by atoms with Gasteiger partial charge in [0.15, 0.2) is 5.60 Å². The highest BCUT2D eigenvalue weighted by Crippen LogP contribution is 2.33. The molecule has 32 heavy (non-hydrogen) atoms. The topological polar surface area (TPSA) is 50.8 Å². The third-order valence-corrected chi connectivity index (χ3v) is 6.98. The number of ether oxygens (including phenoxy) is 2. The number of nitrogens with one attached hydrogen (secondary N) is 1. The number of hydrogen-bond acceptors (Lipinski definition) is 4. The van der Waals surface area contributed by atoms with Crippen LogP contribution < -0.4 is 10.1 Å². The Morgan fingerprint density at radius 3 is 2.84 bits per heavy atom. The Morgan fingerprint density at radius 1 is 1.19 bits per heavy atom. The Morgan fingerprint density at radius 2 is 2.06 bits per heavy atom. The second-order valence-corrected chi connectivity index (χ2v) is 9.16. The number of carbonyl (C=O) groups excluding carboxylic acids is 1. The molecule has 2 aliphatic heterocycles. The molecule has 2 fully saturated rings. The lowest BCUT2D eigenvalue weighted by Gasteiger charge is -2.34. The third-order valence-electron chi connectivity index (χ3n) is 6.98. The van der Waals surface area contributed by atoms with E-state index in [4.69, 9.17) is 9.47 Å². The number of benzene rings is 2. The van der Waals surface area contributed by atoms with Gasteiger partial charge in [-0.1, -0.05) is 48.9 Å². The molecule has 0 aliphatic carbocycles. The summed E-state index contributed by atoms with van der Waals surface area (Å²) >= 11 is 0. The molecule has 0 bridgehead atoms. The zero-order valence-corrected chi connectivity index (χ0v) is 19.4. The second kappa shape index (κ2) is 10.5. The zero-order chi connectivity index (χ0) is 22.4. The Labute approximate surface area is 192 Å². The molecular formula is C27H36N2O3. The Bertz CT molecular complexity index is 907. The summed E-state index contributed by atoms with van der Waals surface area (Å²) in [6, 6.07) is 17.0. The summed E-state index contributed by atoms with van der Waals surface area (Å²) in [7, 11) is 1.69. The van der Waals surface area contributed by atoms with Crippen LogP contribution in [0.15, 0.2) is 48.5 Å². The molecule has 1 amide bonds. The highest BCUT2D eigenvalue weighted by Gasteiger charge is 2.42. The number of methoxy groups -OCH3 is 1. The number of nitrogens with zero attached hydrogens (tertiary/aromatic N) is 1. The lowest BCUT2D eigenvalue weighted by molar-refractivity contribution is -0.141. The summed E-state index contributed by atoms with van der Waals surface area (Å²) in [5.74, 6) is 0.878. The van der Waals surface area contributed by atoms with Crippen molar-refractivity contribution < 1.29 is 14.3 Å². The minimum absolute atomic E-state index is 0.0300. The molecule has 5 nitrogen and oxygen atoms in total. The quantitative estimate of drug-likeness (QED) is 0.665. The zero-order valence-electron chi connectivity index (χ0n) is 19.4. The van der Waals surface area contributed by atoms with Crippen molar-refractivity contribution in [2.45, 2.75) is 57.1 Å². The fourth-order valence-electron chi connectivity index (χ4n) is 5.12. The molecular weight excluding hydrogens is 400 g/mol. The average molecular weight is 437 g/mol. The second-order valence-electron chi connectivity index (χ2n) is 9.16. The van der Waals surface area contributed by atoms with Crippen LogP contribution in [0.4, 0.5) is 0 Å². The Kier molecular flexibility index (Phi) is 7.48. The van der Waals surface area contributed by atoms with Crippen molar-refractivity contribution in [3.63, 3.8) is 0 Å². The van der Waals surface area contributed by atoms with Crippen molar-refractivity contribution in [2.75, 3.05) is 33.4 Å². The van der Waals surface area contributed by atoms with Gasteiger partial charge in [0.25, 0.3) is 5.91 Å². The van der Waals surface area contributed by atoms with Gasteiger partial charge in [-0.15, -0.1) is 0 Å². The maximum Gasteiger partial charge on any atom is 0.252 e. The van der Waals surface area contributed by atoms with Crippen molar-refractivity contribution in [2.24, 2.45) is 0 Å². The van der Waals surface area contributed by atoms with Crippen LogP contribution >= 0.6 is 0 Å². The van der Waals surface area contributed by atoms with Crippen molar-refractivity contribution >= 4 is 5.91 Å². The highest BCUT2D eigenvalue weighted by atomic mass is 16.5. The smallest absolute Gasteiger partial charge is 0.252 e. The minimum atomic E-state index is -0.771. The molecule has 1 N–H and O–H groups in total. The molecule has 0 spiro atoms. The van der Waals surface area contributed by atoms with Crippen LogP contribution in [-0.2, 0) is 16.0 Å². The summed E-state index contributed by atoms with van der Waals surface area (Å²) in [5.41, 5.74) is 2.48. The van der Waals surface area contributed by atoms with E-state index in [0.29, 0.717) is 25.6 Å². The van der Waals surface area contributed by atoms with Crippen LogP contribution in [0.1, 0.15) is 44.6 Å². The van der Waals surface area contributed by atoms with Crippen LogP contribution in [0.5, 0.6) is 5.75 Å². The Balaban J connectivity index is 1.44. The van der Waals surface area contributed by atoms with Crippen LogP contribution in [0.3, 0.4) is 0 Å². The maximum absolute atomic E-state index is 13.3. The summed E-state index contributed by atoms with van der Waals surface area (Å²) in [6.45, 7) is 5.65. The van der Waals surface area contributed by atoms with Gasteiger partial charge < -0.3 is 14.8 Å². The van der Waals surface area contributed by atoms with E-state index in [1.807, 2.05) is 18.2 Å². The predicted molar refractivity (Wildman–Crippen MR) is 128 cm³/mol. The van der Waals surface area contributed by atoms with Crippen LogP contribution in [0, 0.1) is 0 Å². The molecule has 2 heterocycles. The van der Waals surface area contributed by atoms with Gasteiger partial charge in [0.1, 0.15) is 5.75 Å². The van der Waals surface area contributed by atoms with Crippen molar-refractivity contribution in [3.8, 4) is 16.9 Å². The SMILES string of the molecule is COc1ccccc1-c1cccc(C[C@]2(C(=O)NCCN3CCCC[C@H]3C)CCCO2)c1. The van der Waals surface area contributed by atoms with E-state index in [1.165, 1.54) is 19.3 Å². The van der Waals surface area contributed by atoms with E-state index in [0.717, 1.165) is 48.4 Å². The van der Waals surface area contributed by atoms with Gasteiger partial charge in [0.05, 0.1) is 7.11 Å². The normalized spacial score (nSPS) is 23.8. The van der Waals surface area contributed by atoms with E-state index in [1.54, 1.807) is 7.11 Å². The van der Waals surface area contributed by atoms with Crippen molar-refractivity contribution in [1.29, 1.82) is 0 Å². The van der Waals surface area contributed by atoms with Crippen molar-refractivity contribution in [1.82, 2.24) is 10.2 Å². The van der Waals surface area contributed by atoms with Gasteiger partial charge in [-0.3, -0.25) is 9.69 Å². The summed E-state index contributed by atoms with van der Waals surface area (Å²) in [4.78, 5) is 15.8. The first-order valence-corrected chi connectivity index (χ1v) is 12.0. The first kappa shape index (κ1) is 22.8. The molecule has 2 atom stereocenters. The van der Waals surface area contributed by atoms with Crippen LogP contribution in [0.2, 0.25) is 0 Å². The molecule has 2 aromatic rings. The summed E-state index contributed by atoms with van der Waals surface area (Å²) in [6.07, 6.45) is 6.09. The minimum Gasteiger partial charge on any atom is -0.496 e. The molecule has 0 aromatic heterocycles. The first-order valence-electron chi connectivity index (χ1n) is 12.0. The predicted octanol–water partition coefficient (Wildman–Crippen LogP) is 4.44. The lowest BCUT2D eigenvalue weighted by atomic mass is 9.89. The molecule has 172 valence electrons. The molecule has 0 saturated carbocycles. The number of piperidine rings is 1. The van der Waals surface area contributed by atoms with E-state index < -0.39 is 5.60 Å². The van der Waals surface area contributed by atoms with Gasteiger partial charge in [-0.25, -0.2) is 0 Å². The number of carbonyl (C=O) groups is 1. The van der Waals surface area contributed by atoms with Gasteiger partial charge >= 0.3 is 0 Å². The molecule has 2 aliphatic rings. The van der Waals surface area contributed by atoms with Gasteiger partial charge in [0, 0.05) is 37.7 Å². The van der Waals surface area contributed by atoms with Gasteiger partial charge in [0.2, 0.25) is 0 Å². The molecule has 0 radical (unpaired) electrons. The van der Waals surface area contributed by atoms with Crippen molar-refractivity contribution in [3.05, 3.63) is 54.1 Å². The molecule has 5 heteroatoms. The van der Waals surface area contributed by atoms with Gasteiger partial charge in [-0.05, 0) is 56.3 Å². The fraction of sp³-hybridized carbons (Fsp3) is 0.519. The number of rotatable bonds is 8. The van der Waals surface area contributed by atoms with E-state index in [2.05, 4.69) is 47.5 Å². The molecule has 4 rings (SSSR count). The maximum atomic E-state index is 13.3. The first-order chi connectivity index (χ1) is 15.6. The standard InChI is InChI=1S/C27H36N2O3/c1-21-9-5-6-16-29(21)17-15-28-26(30)27(14-8-18-32-27)20-22-10-7-11-23(19-22)24-12-3-4-13-25(24)31-2/h3-4,7,10-13,19,21H,5-6,8-9,14-18,20H2,1-2H3,(H,28,30)/t21-,27+/m1/s1. The molecule has 0 unspecified atom stereocenters. The number of likely N-dealkylation sites (tertiary alicyclic amines) is 1. The van der Waals surface area contributed by atoms with E-state index in [9.17, 15) is 4.79 Å². The molecule has 2 aromatic carbocycles. The number of para-hydroxylation sites is 1. The Hall–Kier alpha value is -2.37. The molecule has 2 saturated heterocycles. The van der Waals surface area contributed by atoms with Gasteiger partial charge in [-0.2, -0.15) is 0 Å². The van der Waals surface area contributed by atoms with Crippen LogP contribution in [-0.4, -0.2) is 55.8 Å². The number of hydrogen-bond donors (Lipinski definition) is 1. The number of amides is 1. The lowest BCUT2D eigenvalue weighted by Crippen LogP contribution is -2.50. The average Bonchev–Trinajstić information content (AvgIpc) is 3.30. The monoisotopic (exact) mass is 436 g/mol. The van der Waals surface area contributed by atoms with E-state index >= 15 is 0 Å². The summed E-state index contributed by atoms with van der Waals surface area (Å²) < 4.78 is 11.7. The third kappa shape index (κ3) is 5.16. The van der Waals surface area contributed by atoms with Crippen LogP contribution in [0.25, 0.3) is 11.1 Å². The summed E-state index contributed by atoms with van der Waals surface area (Å²) in [5, 5.41) is 3.19. The highest BCUT2D eigenvalue weighted by molar-refractivity contribution is 5.86. The fourth-order valence-corrected chi connectivity index (χ4v) is 5.12. The van der Waals surface area contributed by atoms with E-state index in [-0.39, 0.29) is 5.91 Å².